The summed E-state index contributed by atoms with van der Waals surface area (Å²) in [5.74, 6) is -0.604. The fourth-order valence-corrected chi connectivity index (χ4v) is 6.75. The lowest BCUT2D eigenvalue weighted by atomic mass is 9.82. The quantitative estimate of drug-likeness (QED) is 0.787. The molecule has 1 aliphatic carbocycles. The standard InChI is InChI=1S/C19H20FN3O3S/c1-22-8-13(7-21-22)11-2-3-17-15(6-11)16-9-23(10-18(16)27(17,25)26)19(24)12-4-14(20)5-12/h2-3,6-8,12,14,16,18H,4-5,9-10H2,1H3/t12?,14?,16-,18-/m1/s1. The molecule has 2 aliphatic heterocycles. The second-order valence-corrected chi connectivity index (χ2v) is 9.99. The number of alkyl halides is 1. The average Bonchev–Trinajstić information content (AvgIpc) is 3.28. The van der Waals surface area contributed by atoms with E-state index >= 15 is 0 Å². The first-order chi connectivity index (χ1) is 12.8. The largest absolute Gasteiger partial charge is 0.340 e. The number of aromatic nitrogens is 2. The Kier molecular flexibility index (Phi) is 3.53. The van der Waals surface area contributed by atoms with Crippen molar-refractivity contribution in [3.05, 3.63) is 36.2 Å². The van der Waals surface area contributed by atoms with E-state index < -0.39 is 21.3 Å². The minimum atomic E-state index is -3.46. The Bertz CT molecular complexity index is 1040. The molecule has 1 saturated heterocycles. The van der Waals surface area contributed by atoms with Crippen LogP contribution >= 0.6 is 0 Å². The summed E-state index contributed by atoms with van der Waals surface area (Å²) >= 11 is 0. The van der Waals surface area contributed by atoms with Gasteiger partial charge in [-0.25, -0.2) is 12.8 Å². The van der Waals surface area contributed by atoms with Gasteiger partial charge in [0.15, 0.2) is 9.84 Å². The zero-order chi connectivity index (χ0) is 18.9. The summed E-state index contributed by atoms with van der Waals surface area (Å²) in [6.45, 7) is 0.593. The van der Waals surface area contributed by atoms with Crippen LogP contribution in [0.4, 0.5) is 4.39 Å². The van der Waals surface area contributed by atoms with Gasteiger partial charge >= 0.3 is 0 Å². The Morgan fingerprint density at radius 1 is 1.22 bits per heavy atom. The lowest BCUT2D eigenvalue weighted by Crippen LogP contribution is -2.42. The molecular weight excluding hydrogens is 369 g/mol. The molecule has 8 heteroatoms. The molecule has 0 radical (unpaired) electrons. The highest BCUT2D eigenvalue weighted by molar-refractivity contribution is 7.92. The molecule has 1 saturated carbocycles. The van der Waals surface area contributed by atoms with Crippen LogP contribution in [0.3, 0.4) is 0 Å². The van der Waals surface area contributed by atoms with E-state index in [1.165, 1.54) is 0 Å². The van der Waals surface area contributed by atoms with Gasteiger partial charge in [-0.2, -0.15) is 5.10 Å². The van der Waals surface area contributed by atoms with Gasteiger partial charge in [0.2, 0.25) is 5.91 Å². The van der Waals surface area contributed by atoms with Gasteiger partial charge in [0.1, 0.15) is 6.17 Å². The van der Waals surface area contributed by atoms with E-state index in [9.17, 15) is 17.6 Å². The third-order valence-corrected chi connectivity index (χ3v) is 8.42. The Labute approximate surface area is 156 Å². The van der Waals surface area contributed by atoms with Crippen molar-refractivity contribution in [3.8, 4) is 11.1 Å². The van der Waals surface area contributed by atoms with E-state index in [1.807, 2.05) is 25.4 Å². The van der Waals surface area contributed by atoms with E-state index in [4.69, 9.17) is 0 Å². The number of sulfone groups is 1. The van der Waals surface area contributed by atoms with Crippen molar-refractivity contribution in [1.82, 2.24) is 14.7 Å². The van der Waals surface area contributed by atoms with Gasteiger partial charge in [0, 0.05) is 43.7 Å². The molecule has 27 heavy (non-hydrogen) atoms. The summed E-state index contributed by atoms with van der Waals surface area (Å²) in [5, 5.41) is 3.58. The van der Waals surface area contributed by atoms with Gasteiger partial charge in [-0.15, -0.1) is 0 Å². The van der Waals surface area contributed by atoms with Crippen LogP contribution in [0.25, 0.3) is 11.1 Å². The first kappa shape index (κ1) is 16.9. The first-order valence-corrected chi connectivity index (χ1v) is 10.7. The zero-order valence-corrected chi connectivity index (χ0v) is 15.7. The van der Waals surface area contributed by atoms with Crippen LogP contribution in [0.1, 0.15) is 24.3 Å². The molecule has 1 amide bonds. The predicted octanol–water partition coefficient (Wildman–Crippen LogP) is 1.92. The number of carbonyl (C=O) groups excluding carboxylic acids is 1. The number of hydrogen-bond acceptors (Lipinski definition) is 4. The highest BCUT2D eigenvalue weighted by atomic mass is 32.2. The maximum Gasteiger partial charge on any atom is 0.225 e. The second-order valence-electron chi connectivity index (χ2n) is 7.85. The van der Waals surface area contributed by atoms with Crippen molar-refractivity contribution in [1.29, 1.82) is 0 Å². The lowest BCUT2D eigenvalue weighted by molar-refractivity contribution is -0.139. The maximum absolute atomic E-state index is 13.1. The van der Waals surface area contributed by atoms with E-state index in [0.717, 1.165) is 16.7 Å². The van der Waals surface area contributed by atoms with Crippen molar-refractivity contribution in [2.75, 3.05) is 13.1 Å². The molecule has 0 unspecified atom stereocenters. The highest BCUT2D eigenvalue weighted by Crippen LogP contribution is 2.47. The number of aryl methyl sites for hydroxylation is 1. The summed E-state index contributed by atoms with van der Waals surface area (Å²) in [4.78, 5) is 14.6. The van der Waals surface area contributed by atoms with Gasteiger partial charge in [-0.3, -0.25) is 9.48 Å². The molecule has 1 aromatic carbocycles. The molecule has 5 rings (SSSR count). The van der Waals surface area contributed by atoms with Crippen LogP contribution in [-0.4, -0.2) is 53.5 Å². The van der Waals surface area contributed by atoms with Gasteiger partial charge in [0.25, 0.3) is 0 Å². The van der Waals surface area contributed by atoms with Crippen LogP contribution in [0, 0.1) is 5.92 Å². The van der Waals surface area contributed by atoms with Crippen molar-refractivity contribution < 1.29 is 17.6 Å². The first-order valence-electron chi connectivity index (χ1n) is 9.14. The van der Waals surface area contributed by atoms with Gasteiger partial charge < -0.3 is 4.90 Å². The van der Waals surface area contributed by atoms with Crippen LogP contribution in [-0.2, 0) is 21.7 Å². The lowest BCUT2D eigenvalue weighted by Gasteiger charge is -2.32. The van der Waals surface area contributed by atoms with Crippen molar-refractivity contribution in [3.63, 3.8) is 0 Å². The van der Waals surface area contributed by atoms with Gasteiger partial charge in [-0.05, 0) is 36.1 Å². The molecular formula is C19H20FN3O3S. The fraction of sp³-hybridized carbons (Fsp3) is 0.474. The Morgan fingerprint density at radius 2 is 2.00 bits per heavy atom. The Hall–Kier alpha value is -2.22. The summed E-state index contributed by atoms with van der Waals surface area (Å²) in [6.07, 6.45) is 3.26. The van der Waals surface area contributed by atoms with Crippen LogP contribution in [0.2, 0.25) is 0 Å². The van der Waals surface area contributed by atoms with Gasteiger partial charge in [0.05, 0.1) is 16.3 Å². The van der Waals surface area contributed by atoms with Crippen LogP contribution in [0.5, 0.6) is 0 Å². The SMILES string of the molecule is Cn1cc(-c2ccc3c(c2)[C@H]2CN(C(=O)C4CC(F)C4)C[C@H]2S3(=O)=O)cn1. The summed E-state index contributed by atoms with van der Waals surface area (Å²) < 4.78 is 40.8. The normalized spacial score (nSPS) is 30.7. The molecule has 2 fully saturated rings. The summed E-state index contributed by atoms with van der Waals surface area (Å²) in [7, 11) is -1.62. The molecule has 1 aromatic heterocycles. The third kappa shape index (κ3) is 2.46. The maximum atomic E-state index is 13.1. The second kappa shape index (κ2) is 5.64. The van der Waals surface area contributed by atoms with Crippen molar-refractivity contribution in [2.45, 2.75) is 35.1 Å². The van der Waals surface area contributed by atoms with Crippen LogP contribution in [0.15, 0.2) is 35.5 Å². The fourth-order valence-electron chi connectivity index (χ4n) is 4.59. The molecule has 3 heterocycles. The summed E-state index contributed by atoms with van der Waals surface area (Å²) in [5.41, 5.74) is 2.63. The Balaban J connectivity index is 1.48. The Morgan fingerprint density at radius 3 is 2.67 bits per heavy atom. The molecule has 6 nitrogen and oxygen atoms in total. The number of nitrogens with zero attached hydrogens (tertiary/aromatic N) is 3. The van der Waals surface area contributed by atoms with E-state index in [1.54, 1.807) is 21.8 Å². The van der Waals surface area contributed by atoms with Crippen molar-refractivity contribution in [2.24, 2.45) is 13.0 Å². The number of fused-ring (bicyclic) bond motifs is 3. The molecule has 2 aromatic rings. The molecule has 0 bridgehead atoms. The third-order valence-electron chi connectivity index (χ3n) is 6.16. The number of hydrogen-bond donors (Lipinski definition) is 0. The van der Waals surface area contributed by atoms with E-state index in [2.05, 4.69) is 5.10 Å². The predicted molar refractivity (Wildman–Crippen MR) is 96.6 cm³/mol. The number of benzene rings is 1. The van der Waals surface area contributed by atoms with Gasteiger partial charge in [-0.1, -0.05) is 6.07 Å². The topological polar surface area (TPSA) is 72.3 Å². The zero-order valence-electron chi connectivity index (χ0n) is 14.9. The summed E-state index contributed by atoms with van der Waals surface area (Å²) in [6, 6.07) is 5.41. The number of amides is 1. The van der Waals surface area contributed by atoms with E-state index in [0.29, 0.717) is 11.4 Å². The number of halogens is 1. The van der Waals surface area contributed by atoms with Crippen LogP contribution < -0.4 is 0 Å². The molecule has 142 valence electrons. The number of rotatable bonds is 2. The average molecular weight is 389 g/mol. The molecule has 3 aliphatic rings. The highest BCUT2D eigenvalue weighted by Gasteiger charge is 2.52. The number of likely N-dealkylation sites (tertiary alicyclic amines) is 1. The molecule has 2 atom stereocenters. The minimum absolute atomic E-state index is 0.0986. The van der Waals surface area contributed by atoms with Crippen molar-refractivity contribution >= 4 is 15.7 Å². The smallest absolute Gasteiger partial charge is 0.225 e. The number of carbonyl (C=O) groups is 1. The minimum Gasteiger partial charge on any atom is -0.340 e. The molecule has 0 spiro atoms. The molecule has 0 N–H and O–H groups in total. The monoisotopic (exact) mass is 389 g/mol. The van der Waals surface area contributed by atoms with E-state index in [-0.39, 0.29) is 37.1 Å².